The van der Waals surface area contributed by atoms with Crippen LogP contribution in [-0.2, 0) is 14.4 Å². The molecule has 0 fully saturated rings. The Labute approximate surface area is 85.7 Å². The summed E-state index contributed by atoms with van der Waals surface area (Å²) >= 11 is 0. The van der Waals surface area contributed by atoms with Crippen LogP contribution in [0, 0.1) is 0 Å². The van der Waals surface area contributed by atoms with Gasteiger partial charge in [-0.05, 0) is 13.3 Å². The molecule has 0 saturated carbocycles. The number of carbonyl (C=O) groups excluding carboxylic acids is 1. The quantitative estimate of drug-likeness (QED) is 0.445. The van der Waals surface area contributed by atoms with E-state index >= 15 is 0 Å². The summed E-state index contributed by atoms with van der Waals surface area (Å²) in [7, 11) is 0. The van der Waals surface area contributed by atoms with Gasteiger partial charge in [0.05, 0.1) is 0 Å². The summed E-state index contributed by atoms with van der Waals surface area (Å²) in [6, 6.07) is -1.29. The topological polar surface area (TPSA) is 124 Å². The first-order valence-electron chi connectivity index (χ1n) is 4.27. The van der Waals surface area contributed by atoms with Gasteiger partial charge in [0.1, 0.15) is 12.1 Å². The summed E-state index contributed by atoms with van der Waals surface area (Å²) < 4.78 is 0. The zero-order chi connectivity index (χ0) is 12.0. The van der Waals surface area contributed by atoms with E-state index in [2.05, 4.69) is 0 Å². The van der Waals surface area contributed by atoms with Crippen molar-refractivity contribution in [1.29, 1.82) is 0 Å². The lowest BCUT2D eigenvalue weighted by atomic mass is 10.1. The molecule has 0 aromatic rings. The van der Waals surface area contributed by atoms with Crippen molar-refractivity contribution in [2.24, 2.45) is 0 Å². The molecule has 2 atom stereocenters. The third-order valence-corrected chi connectivity index (χ3v) is 1.64. The van der Waals surface area contributed by atoms with E-state index in [1.54, 1.807) is 0 Å². The van der Waals surface area contributed by atoms with Gasteiger partial charge in [-0.25, -0.2) is 4.79 Å². The fourth-order valence-corrected chi connectivity index (χ4v) is 0.818. The molecule has 7 heteroatoms. The zero-order valence-electron chi connectivity index (χ0n) is 8.14. The molecule has 0 saturated heterocycles. The molecule has 4 N–H and O–H groups in total. The fourth-order valence-electron chi connectivity index (χ4n) is 0.818. The number of carboxylic acids is 2. The number of rotatable bonds is 6. The molecule has 86 valence electrons. The summed E-state index contributed by atoms with van der Waals surface area (Å²) in [5.41, 5.74) is 0. The Balaban J connectivity index is 4.22. The van der Waals surface area contributed by atoms with Crippen molar-refractivity contribution in [3.63, 3.8) is 0 Å². The molecule has 1 amide bonds. The van der Waals surface area contributed by atoms with E-state index in [4.69, 9.17) is 15.3 Å². The first-order valence-corrected chi connectivity index (χ1v) is 4.27. The summed E-state index contributed by atoms with van der Waals surface area (Å²) in [5, 5.41) is 27.8. The number of aliphatic carboxylic acids is 2. The average Bonchev–Trinajstić information content (AvgIpc) is 2.10. The minimum atomic E-state index is -1.33. The third kappa shape index (κ3) is 5.63. The van der Waals surface area contributed by atoms with Gasteiger partial charge in [-0.1, -0.05) is 0 Å². The van der Waals surface area contributed by atoms with Crippen LogP contribution in [0.4, 0.5) is 0 Å². The van der Waals surface area contributed by atoms with Crippen LogP contribution in [0.1, 0.15) is 19.8 Å². The van der Waals surface area contributed by atoms with Crippen LogP contribution >= 0.6 is 0 Å². The highest BCUT2D eigenvalue weighted by Crippen LogP contribution is 1.98. The van der Waals surface area contributed by atoms with Gasteiger partial charge >= 0.3 is 11.9 Å². The summed E-state index contributed by atoms with van der Waals surface area (Å²) in [6.07, 6.45) is -1.91. The van der Waals surface area contributed by atoms with E-state index in [9.17, 15) is 14.4 Å². The fraction of sp³-hybridized carbons (Fsp3) is 0.625. The van der Waals surface area contributed by atoms with Crippen molar-refractivity contribution in [2.75, 3.05) is 0 Å². The van der Waals surface area contributed by atoms with Crippen molar-refractivity contribution in [3.05, 3.63) is 0 Å². The monoisotopic (exact) mass is 219 g/mol. The lowest BCUT2D eigenvalue weighted by Crippen LogP contribution is -2.44. The molecule has 0 rings (SSSR count). The van der Waals surface area contributed by atoms with Gasteiger partial charge in [0.2, 0.25) is 5.91 Å². The van der Waals surface area contributed by atoms with Crippen molar-refractivity contribution in [1.82, 2.24) is 5.32 Å². The summed E-state index contributed by atoms with van der Waals surface area (Å²) in [6.45, 7) is 1.19. The van der Waals surface area contributed by atoms with Crippen LogP contribution in [0.2, 0.25) is 0 Å². The van der Waals surface area contributed by atoms with Gasteiger partial charge in [-0.15, -0.1) is 0 Å². The molecule has 0 aromatic heterocycles. The standard InChI is InChI=1S/C8H13NO6/c1-4(10)7(13)9-5(8(14)15)2-3-6(11)12/h4-5,10H,2-3H2,1H3,(H,9,13)(H,11,12)(H,14,15)/t4?,5-/m0/s1. The lowest BCUT2D eigenvalue weighted by molar-refractivity contribution is -0.144. The highest BCUT2D eigenvalue weighted by atomic mass is 16.4. The smallest absolute Gasteiger partial charge is 0.326 e. The number of carboxylic acid groups (broad SMARTS) is 2. The second-order valence-electron chi connectivity index (χ2n) is 3.01. The van der Waals surface area contributed by atoms with E-state index in [1.165, 1.54) is 6.92 Å². The van der Waals surface area contributed by atoms with E-state index in [0.717, 1.165) is 0 Å². The molecule has 15 heavy (non-hydrogen) atoms. The van der Waals surface area contributed by atoms with Gasteiger partial charge in [0.25, 0.3) is 0 Å². The highest BCUT2D eigenvalue weighted by molar-refractivity contribution is 5.86. The van der Waals surface area contributed by atoms with Gasteiger partial charge in [-0.3, -0.25) is 9.59 Å². The number of amides is 1. The molecular weight excluding hydrogens is 206 g/mol. The molecule has 0 heterocycles. The first-order chi connectivity index (χ1) is 6.84. The minimum absolute atomic E-state index is 0.219. The molecule has 0 aromatic carbocycles. The average molecular weight is 219 g/mol. The lowest BCUT2D eigenvalue weighted by Gasteiger charge is -2.14. The van der Waals surface area contributed by atoms with Crippen LogP contribution in [0.3, 0.4) is 0 Å². The third-order valence-electron chi connectivity index (χ3n) is 1.64. The number of nitrogens with one attached hydrogen (secondary N) is 1. The summed E-state index contributed by atoms with van der Waals surface area (Å²) in [4.78, 5) is 31.7. The van der Waals surface area contributed by atoms with E-state index in [1.807, 2.05) is 5.32 Å². The van der Waals surface area contributed by atoms with Crippen LogP contribution in [0.5, 0.6) is 0 Å². The minimum Gasteiger partial charge on any atom is -0.481 e. The van der Waals surface area contributed by atoms with E-state index in [0.29, 0.717) is 0 Å². The normalized spacial score (nSPS) is 14.0. The van der Waals surface area contributed by atoms with Crippen molar-refractivity contribution in [2.45, 2.75) is 31.9 Å². The van der Waals surface area contributed by atoms with Crippen LogP contribution < -0.4 is 5.32 Å². The van der Waals surface area contributed by atoms with Crippen LogP contribution in [-0.4, -0.2) is 45.3 Å². The summed E-state index contributed by atoms with van der Waals surface area (Å²) in [5.74, 6) is -3.31. The van der Waals surface area contributed by atoms with Crippen molar-refractivity contribution < 1.29 is 29.7 Å². The number of hydrogen-bond acceptors (Lipinski definition) is 4. The first kappa shape index (κ1) is 13.4. The molecular formula is C8H13NO6. The molecule has 0 aliphatic carbocycles. The van der Waals surface area contributed by atoms with Gasteiger partial charge in [0, 0.05) is 6.42 Å². The second kappa shape index (κ2) is 5.97. The number of aliphatic hydroxyl groups excluding tert-OH is 1. The Bertz CT molecular complexity index is 262. The molecule has 0 aliphatic heterocycles. The van der Waals surface area contributed by atoms with Gasteiger partial charge < -0.3 is 20.6 Å². The Morgan fingerprint density at radius 2 is 1.80 bits per heavy atom. The Morgan fingerprint density at radius 3 is 2.13 bits per heavy atom. The number of aliphatic hydroxyl groups is 1. The molecule has 0 radical (unpaired) electrons. The second-order valence-corrected chi connectivity index (χ2v) is 3.01. The maximum Gasteiger partial charge on any atom is 0.326 e. The molecule has 0 bridgehead atoms. The Morgan fingerprint density at radius 1 is 1.27 bits per heavy atom. The molecule has 1 unspecified atom stereocenters. The van der Waals surface area contributed by atoms with Crippen molar-refractivity contribution in [3.8, 4) is 0 Å². The Hall–Kier alpha value is -1.63. The number of hydrogen-bond donors (Lipinski definition) is 4. The molecule has 7 nitrogen and oxygen atoms in total. The predicted octanol–water partition coefficient (Wildman–Crippen LogP) is -1.20. The maximum absolute atomic E-state index is 10.9. The van der Waals surface area contributed by atoms with Crippen LogP contribution in [0.15, 0.2) is 0 Å². The maximum atomic E-state index is 10.9. The van der Waals surface area contributed by atoms with E-state index < -0.39 is 30.0 Å². The predicted molar refractivity (Wildman–Crippen MR) is 48.1 cm³/mol. The zero-order valence-corrected chi connectivity index (χ0v) is 8.14. The Kier molecular flexibility index (Phi) is 5.32. The van der Waals surface area contributed by atoms with Gasteiger partial charge in [0.15, 0.2) is 0 Å². The van der Waals surface area contributed by atoms with E-state index in [-0.39, 0.29) is 12.8 Å². The largest absolute Gasteiger partial charge is 0.481 e. The van der Waals surface area contributed by atoms with Crippen LogP contribution in [0.25, 0.3) is 0 Å². The molecule has 0 aliphatic rings. The van der Waals surface area contributed by atoms with Crippen molar-refractivity contribution >= 4 is 17.8 Å². The highest BCUT2D eigenvalue weighted by Gasteiger charge is 2.22. The SMILES string of the molecule is CC(O)C(=O)N[C@@H](CCC(=O)O)C(=O)O. The molecule has 0 spiro atoms. The number of carbonyl (C=O) groups is 3. The van der Waals surface area contributed by atoms with Gasteiger partial charge in [-0.2, -0.15) is 0 Å².